The molecule has 20 heavy (non-hydrogen) atoms. The lowest BCUT2D eigenvalue weighted by Gasteiger charge is -2.17. The molecule has 1 aromatic carbocycles. The minimum atomic E-state index is -0.331. The number of nitrogens with one attached hydrogen (secondary N) is 1. The molecule has 2 rings (SSSR count). The molecule has 3 N–H and O–H groups in total. The summed E-state index contributed by atoms with van der Waals surface area (Å²) in [6.45, 7) is 0. The van der Waals surface area contributed by atoms with E-state index in [1.54, 1.807) is 37.6 Å². The summed E-state index contributed by atoms with van der Waals surface area (Å²) in [5, 5.41) is 0. The van der Waals surface area contributed by atoms with Gasteiger partial charge < -0.3 is 4.74 Å². The van der Waals surface area contributed by atoms with Crippen molar-refractivity contribution in [1.82, 2.24) is 10.4 Å². The molecule has 0 amide bonds. The molecule has 0 saturated heterocycles. The average Bonchev–Trinajstić information content (AvgIpc) is 2.48. The normalized spacial score (nSPS) is 12.2. The van der Waals surface area contributed by atoms with Crippen LogP contribution < -0.4 is 16.0 Å². The summed E-state index contributed by atoms with van der Waals surface area (Å²) in [7, 11) is 1.56. The van der Waals surface area contributed by atoms with Crippen molar-refractivity contribution >= 4 is 15.9 Å². The molecular weight excluding hydrogens is 325 g/mol. The molecule has 0 spiro atoms. The molecule has 1 aromatic heterocycles. The monoisotopic (exact) mass is 339 g/mol. The zero-order valence-electron chi connectivity index (χ0n) is 10.9. The molecule has 2 aromatic rings. The van der Waals surface area contributed by atoms with Crippen LogP contribution in [0, 0.1) is 5.82 Å². The second kappa shape index (κ2) is 6.78. The Bertz CT molecular complexity index is 577. The van der Waals surface area contributed by atoms with Gasteiger partial charge in [0.2, 0.25) is 5.88 Å². The van der Waals surface area contributed by atoms with Crippen molar-refractivity contribution in [2.45, 2.75) is 12.5 Å². The Morgan fingerprint density at radius 3 is 2.80 bits per heavy atom. The number of rotatable bonds is 5. The number of nitrogens with two attached hydrogens (primary N) is 1. The Morgan fingerprint density at radius 1 is 1.40 bits per heavy atom. The maximum Gasteiger partial charge on any atom is 0.212 e. The van der Waals surface area contributed by atoms with Crippen LogP contribution in [-0.2, 0) is 6.42 Å². The van der Waals surface area contributed by atoms with Crippen molar-refractivity contribution in [2.75, 3.05) is 7.11 Å². The fourth-order valence-electron chi connectivity index (χ4n) is 1.94. The van der Waals surface area contributed by atoms with Crippen LogP contribution in [0.25, 0.3) is 0 Å². The zero-order chi connectivity index (χ0) is 14.5. The van der Waals surface area contributed by atoms with Gasteiger partial charge in [-0.2, -0.15) is 0 Å². The third-order valence-electron chi connectivity index (χ3n) is 3.00. The molecule has 0 fully saturated rings. The van der Waals surface area contributed by atoms with Crippen LogP contribution in [0.4, 0.5) is 4.39 Å². The molecule has 0 aliphatic carbocycles. The Morgan fingerprint density at radius 2 is 2.20 bits per heavy atom. The SMILES string of the molecule is COc1ccc(CC(NN)c2cccc(Br)c2F)cn1. The van der Waals surface area contributed by atoms with Crippen LogP contribution in [0.1, 0.15) is 17.2 Å². The van der Waals surface area contributed by atoms with E-state index in [2.05, 4.69) is 26.3 Å². The molecule has 6 heteroatoms. The molecule has 106 valence electrons. The van der Waals surface area contributed by atoms with Gasteiger partial charge in [-0.3, -0.25) is 11.3 Å². The van der Waals surface area contributed by atoms with Gasteiger partial charge in [-0.05, 0) is 34.0 Å². The second-order valence-corrected chi connectivity index (χ2v) is 5.13. The van der Waals surface area contributed by atoms with Crippen molar-refractivity contribution in [2.24, 2.45) is 5.84 Å². The van der Waals surface area contributed by atoms with E-state index in [1.807, 2.05) is 6.07 Å². The number of hydrogen-bond donors (Lipinski definition) is 2. The standard InChI is InChI=1S/C14H15BrFN3O/c1-20-13-6-5-9(8-18-13)7-12(19-17)10-3-2-4-11(15)14(10)16/h2-6,8,12,19H,7,17H2,1H3. The lowest BCUT2D eigenvalue weighted by Crippen LogP contribution is -2.30. The molecule has 0 bridgehead atoms. The van der Waals surface area contributed by atoms with Gasteiger partial charge in [0, 0.05) is 17.8 Å². The summed E-state index contributed by atoms with van der Waals surface area (Å²) in [6.07, 6.45) is 2.22. The van der Waals surface area contributed by atoms with Crippen molar-refractivity contribution in [1.29, 1.82) is 0 Å². The number of halogens is 2. The zero-order valence-corrected chi connectivity index (χ0v) is 12.5. The van der Waals surface area contributed by atoms with E-state index in [0.717, 1.165) is 5.56 Å². The van der Waals surface area contributed by atoms with Crippen LogP contribution in [-0.4, -0.2) is 12.1 Å². The van der Waals surface area contributed by atoms with Crippen molar-refractivity contribution in [3.63, 3.8) is 0 Å². The number of ether oxygens (including phenoxy) is 1. The van der Waals surface area contributed by atoms with Crippen molar-refractivity contribution in [3.05, 3.63) is 57.9 Å². The second-order valence-electron chi connectivity index (χ2n) is 4.28. The minimum absolute atomic E-state index is 0.308. The fourth-order valence-corrected chi connectivity index (χ4v) is 2.32. The first-order chi connectivity index (χ1) is 9.65. The largest absolute Gasteiger partial charge is 0.481 e. The lowest BCUT2D eigenvalue weighted by molar-refractivity contribution is 0.397. The Hall–Kier alpha value is -1.50. The highest BCUT2D eigenvalue weighted by atomic mass is 79.9. The molecule has 1 unspecified atom stereocenters. The van der Waals surface area contributed by atoms with Gasteiger partial charge in [0.15, 0.2) is 0 Å². The topological polar surface area (TPSA) is 60.2 Å². The van der Waals surface area contributed by atoms with Crippen LogP contribution in [0.15, 0.2) is 41.0 Å². The Balaban J connectivity index is 2.21. The predicted molar refractivity (Wildman–Crippen MR) is 78.7 cm³/mol. The van der Waals surface area contributed by atoms with Gasteiger partial charge in [-0.15, -0.1) is 0 Å². The van der Waals surface area contributed by atoms with Crippen LogP contribution >= 0.6 is 15.9 Å². The number of hydrazine groups is 1. The molecule has 1 atom stereocenters. The summed E-state index contributed by atoms with van der Waals surface area (Å²) < 4.78 is 19.5. The Labute approximate surface area is 125 Å². The van der Waals surface area contributed by atoms with Gasteiger partial charge in [0.25, 0.3) is 0 Å². The third kappa shape index (κ3) is 3.33. The first-order valence-corrected chi connectivity index (χ1v) is 6.84. The first kappa shape index (κ1) is 14.9. The van der Waals surface area contributed by atoms with E-state index < -0.39 is 0 Å². The summed E-state index contributed by atoms with van der Waals surface area (Å²) in [5.74, 6) is 5.78. The summed E-state index contributed by atoms with van der Waals surface area (Å²) in [5.41, 5.74) is 4.09. The van der Waals surface area contributed by atoms with Gasteiger partial charge in [-0.1, -0.05) is 18.2 Å². The highest BCUT2D eigenvalue weighted by Crippen LogP contribution is 2.25. The smallest absolute Gasteiger partial charge is 0.212 e. The van der Waals surface area contributed by atoms with E-state index in [4.69, 9.17) is 10.6 Å². The number of methoxy groups -OCH3 is 1. The first-order valence-electron chi connectivity index (χ1n) is 6.04. The minimum Gasteiger partial charge on any atom is -0.481 e. The van der Waals surface area contributed by atoms with Gasteiger partial charge in [0.05, 0.1) is 17.6 Å². The number of aromatic nitrogens is 1. The van der Waals surface area contributed by atoms with Crippen LogP contribution in [0.5, 0.6) is 5.88 Å². The highest BCUT2D eigenvalue weighted by Gasteiger charge is 2.16. The maximum atomic E-state index is 14.1. The van der Waals surface area contributed by atoms with E-state index >= 15 is 0 Å². The number of benzene rings is 1. The number of nitrogens with zero attached hydrogens (tertiary/aromatic N) is 1. The predicted octanol–water partition coefficient (Wildman–Crippen LogP) is 2.74. The van der Waals surface area contributed by atoms with Crippen LogP contribution in [0.2, 0.25) is 0 Å². The molecule has 0 radical (unpaired) electrons. The number of pyridine rings is 1. The van der Waals surface area contributed by atoms with Crippen molar-refractivity contribution < 1.29 is 9.13 Å². The summed E-state index contributed by atoms with van der Waals surface area (Å²) >= 11 is 3.18. The highest BCUT2D eigenvalue weighted by molar-refractivity contribution is 9.10. The quantitative estimate of drug-likeness (QED) is 0.649. The van der Waals surface area contributed by atoms with Crippen molar-refractivity contribution in [3.8, 4) is 5.88 Å². The van der Waals surface area contributed by atoms with Crippen LogP contribution in [0.3, 0.4) is 0 Å². The average molecular weight is 340 g/mol. The molecular formula is C14H15BrFN3O. The molecule has 0 aliphatic heterocycles. The van der Waals surface area contributed by atoms with E-state index in [9.17, 15) is 4.39 Å². The van der Waals surface area contributed by atoms with E-state index in [-0.39, 0.29) is 11.9 Å². The molecule has 4 nitrogen and oxygen atoms in total. The Kier molecular flexibility index (Phi) is 5.05. The molecule has 0 aliphatic rings. The molecule has 0 saturated carbocycles. The number of hydrogen-bond acceptors (Lipinski definition) is 4. The van der Waals surface area contributed by atoms with Gasteiger partial charge >= 0.3 is 0 Å². The third-order valence-corrected chi connectivity index (χ3v) is 3.62. The lowest BCUT2D eigenvalue weighted by atomic mass is 10.00. The fraction of sp³-hybridized carbons (Fsp3) is 0.214. The van der Waals surface area contributed by atoms with E-state index in [0.29, 0.717) is 22.3 Å². The maximum absolute atomic E-state index is 14.1. The molecule has 1 heterocycles. The van der Waals surface area contributed by atoms with Gasteiger partial charge in [-0.25, -0.2) is 9.37 Å². The van der Waals surface area contributed by atoms with Gasteiger partial charge in [0.1, 0.15) is 5.82 Å². The van der Waals surface area contributed by atoms with E-state index in [1.165, 1.54) is 0 Å². The summed E-state index contributed by atoms with van der Waals surface area (Å²) in [4.78, 5) is 4.12. The summed E-state index contributed by atoms with van der Waals surface area (Å²) in [6, 6.07) is 8.46.